The van der Waals surface area contributed by atoms with Crippen LogP contribution in [0.15, 0.2) is 0 Å². The van der Waals surface area contributed by atoms with E-state index in [4.69, 9.17) is 24.4 Å². The second kappa shape index (κ2) is 8.67. The third-order valence-electron chi connectivity index (χ3n) is 1.85. The van der Waals surface area contributed by atoms with E-state index in [0.29, 0.717) is 30.7 Å². The molecular formula is C11H14BrNO. The van der Waals surface area contributed by atoms with Gasteiger partial charge in [0.25, 0.3) is 0 Å². The first kappa shape index (κ1) is 15.5. The number of terminal acetylenes is 3. The Bertz CT molecular complexity index is 226. The zero-order chi connectivity index (χ0) is 10.2. The molecular weight excluding hydrogens is 242 g/mol. The molecule has 0 aliphatic heterocycles. The molecule has 0 heterocycles. The van der Waals surface area contributed by atoms with Crippen LogP contribution < -0.4 is 17.0 Å². The monoisotopic (exact) mass is 255 g/mol. The van der Waals surface area contributed by atoms with Gasteiger partial charge in [0, 0.05) is 0 Å². The molecule has 0 aromatic carbocycles. The fourth-order valence-corrected chi connectivity index (χ4v) is 1.20. The lowest BCUT2D eigenvalue weighted by Crippen LogP contribution is -3.00. The number of halogens is 1. The zero-order valence-corrected chi connectivity index (χ0v) is 9.63. The molecule has 0 radical (unpaired) electrons. The van der Waals surface area contributed by atoms with E-state index in [-0.39, 0.29) is 23.6 Å². The number of hydrogen-bond acceptors (Lipinski definition) is 1. The van der Waals surface area contributed by atoms with Crippen LogP contribution in [0.4, 0.5) is 0 Å². The van der Waals surface area contributed by atoms with Crippen molar-refractivity contribution in [3.63, 3.8) is 0 Å². The van der Waals surface area contributed by atoms with Gasteiger partial charge in [0.2, 0.25) is 0 Å². The van der Waals surface area contributed by atoms with Crippen molar-refractivity contribution in [1.82, 2.24) is 0 Å². The molecule has 0 aliphatic rings. The molecule has 2 nitrogen and oxygen atoms in total. The summed E-state index contributed by atoms with van der Waals surface area (Å²) in [7, 11) is 0. The summed E-state index contributed by atoms with van der Waals surface area (Å²) < 4.78 is 0.417. The number of rotatable bonds is 5. The second-order valence-electron chi connectivity index (χ2n) is 2.88. The molecule has 0 saturated heterocycles. The van der Waals surface area contributed by atoms with E-state index in [2.05, 4.69) is 17.8 Å². The Hall–Kier alpha value is -0.920. The maximum atomic E-state index is 8.86. The summed E-state index contributed by atoms with van der Waals surface area (Å²) in [5, 5.41) is 8.86. The van der Waals surface area contributed by atoms with E-state index in [1.165, 1.54) is 0 Å². The molecule has 0 spiro atoms. The smallest absolute Gasteiger partial charge is 0.142 e. The lowest BCUT2D eigenvalue weighted by Gasteiger charge is -2.32. The van der Waals surface area contributed by atoms with Gasteiger partial charge in [-0.05, 0) is 17.8 Å². The highest BCUT2D eigenvalue weighted by Gasteiger charge is 2.23. The molecule has 0 amide bonds. The fraction of sp³-hybridized carbons (Fsp3) is 0.455. The quantitative estimate of drug-likeness (QED) is 0.403. The molecule has 0 rings (SSSR count). The van der Waals surface area contributed by atoms with Crippen LogP contribution >= 0.6 is 0 Å². The van der Waals surface area contributed by atoms with Crippen LogP contribution in [0, 0.1) is 37.0 Å². The summed E-state index contributed by atoms with van der Waals surface area (Å²) >= 11 is 0. The normalized spacial score (nSPS) is 9.00. The van der Waals surface area contributed by atoms with Crippen LogP contribution in [0.2, 0.25) is 0 Å². The molecule has 0 bridgehead atoms. The van der Waals surface area contributed by atoms with Crippen molar-refractivity contribution in [2.75, 3.05) is 32.8 Å². The van der Waals surface area contributed by atoms with Crippen molar-refractivity contribution in [2.45, 2.75) is 0 Å². The third kappa shape index (κ3) is 4.95. The molecule has 3 heteroatoms. The number of aliphatic hydroxyl groups excluding tert-OH is 1. The summed E-state index contributed by atoms with van der Waals surface area (Å²) in [6, 6.07) is 0. The highest BCUT2D eigenvalue weighted by molar-refractivity contribution is 4.92. The summed E-state index contributed by atoms with van der Waals surface area (Å²) in [6.45, 7) is 1.96. The minimum Gasteiger partial charge on any atom is -1.00 e. The minimum absolute atomic E-state index is 0. The Morgan fingerprint density at radius 3 is 1.50 bits per heavy atom. The Morgan fingerprint density at radius 2 is 1.29 bits per heavy atom. The number of nitrogens with zero attached hydrogens (tertiary/aromatic N) is 1. The lowest BCUT2D eigenvalue weighted by molar-refractivity contribution is -0.908. The largest absolute Gasteiger partial charge is 1.00 e. The predicted octanol–water partition coefficient (Wildman–Crippen LogP) is -3.30. The maximum absolute atomic E-state index is 8.86. The molecule has 0 unspecified atom stereocenters. The van der Waals surface area contributed by atoms with E-state index in [1.807, 2.05) is 0 Å². The standard InChI is InChI=1S/C11H14NO.BrH/c1-4-7-12(8-5-2,9-6-3)10-11-13;/h1-3,13H,7-11H2;1H/q+1;/p-1. The molecule has 76 valence electrons. The van der Waals surface area contributed by atoms with Gasteiger partial charge in [0.15, 0.2) is 0 Å². The van der Waals surface area contributed by atoms with Crippen molar-refractivity contribution in [2.24, 2.45) is 0 Å². The van der Waals surface area contributed by atoms with Crippen LogP contribution in [0.1, 0.15) is 0 Å². The molecule has 0 aromatic heterocycles. The molecule has 14 heavy (non-hydrogen) atoms. The highest BCUT2D eigenvalue weighted by Crippen LogP contribution is 2.03. The average Bonchev–Trinajstić information content (AvgIpc) is 2.06. The summed E-state index contributed by atoms with van der Waals surface area (Å²) in [5.41, 5.74) is 0. The summed E-state index contributed by atoms with van der Waals surface area (Å²) in [5.74, 6) is 7.60. The molecule has 0 saturated carbocycles. The lowest BCUT2D eigenvalue weighted by atomic mass is 10.3. The number of hydrogen-bond donors (Lipinski definition) is 1. The average molecular weight is 256 g/mol. The SMILES string of the molecule is C#CC[N+](CC#C)(CC#C)CCO.[Br-]. The Balaban J connectivity index is 0. The number of aliphatic hydroxyl groups is 1. The molecule has 0 atom stereocenters. The molecule has 0 fully saturated rings. The molecule has 1 N–H and O–H groups in total. The second-order valence-corrected chi connectivity index (χ2v) is 2.88. The van der Waals surface area contributed by atoms with E-state index in [0.717, 1.165) is 0 Å². The minimum atomic E-state index is 0. The van der Waals surface area contributed by atoms with Gasteiger partial charge < -0.3 is 22.1 Å². The highest BCUT2D eigenvalue weighted by atomic mass is 79.9. The maximum Gasteiger partial charge on any atom is 0.142 e. The van der Waals surface area contributed by atoms with Gasteiger partial charge in [-0.15, -0.1) is 19.3 Å². The first-order valence-corrected chi connectivity index (χ1v) is 4.01. The molecule has 0 aliphatic carbocycles. The van der Waals surface area contributed by atoms with E-state index in [9.17, 15) is 0 Å². The first-order chi connectivity index (χ1) is 6.24. The van der Waals surface area contributed by atoms with Crippen LogP contribution in [0.25, 0.3) is 0 Å². The zero-order valence-electron chi connectivity index (χ0n) is 8.04. The van der Waals surface area contributed by atoms with Crippen molar-refractivity contribution < 1.29 is 26.6 Å². The van der Waals surface area contributed by atoms with Gasteiger partial charge in [0.1, 0.15) is 26.2 Å². The van der Waals surface area contributed by atoms with E-state index < -0.39 is 0 Å². The van der Waals surface area contributed by atoms with Gasteiger partial charge in [0.05, 0.1) is 6.61 Å². The van der Waals surface area contributed by atoms with Crippen molar-refractivity contribution in [1.29, 1.82) is 0 Å². The van der Waals surface area contributed by atoms with Gasteiger partial charge >= 0.3 is 0 Å². The summed E-state index contributed by atoms with van der Waals surface area (Å²) in [4.78, 5) is 0. The van der Waals surface area contributed by atoms with Gasteiger partial charge in [-0.2, -0.15) is 0 Å². The van der Waals surface area contributed by atoms with Crippen LogP contribution in [-0.2, 0) is 0 Å². The van der Waals surface area contributed by atoms with Crippen LogP contribution in [0.5, 0.6) is 0 Å². The van der Waals surface area contributed by atoms with Crippen molar-refractivity contribution in [3.8, 4) is 37.0 Å². The Labute approximate surface area is 96.7 Å². The van der Waals surface area contributed by atoms with E-state index >= 15 is 0 Å². The topological polar surface area (TPSA) is 20.2 Å². The predicted molar refractivity (Wildman–Crippen MR) is 53.3 cm³/mol. The van der Waals surface area contributed by atoms with Gasteiger partial charge in [-0.25, -0.2) is 0 Å². The van der Waals surface area contributed by atoms with Gasteiger partial charge in [-0.3, -0.25) is 4.48 Å². The first-order valence-electron chi connectivity index (χ1n) is 4.01. The molecule has 0 aromatic rings. The van der Waals surface area contributed by atoms with Crippen molar-refractivity contribution >= 4 is 0 Å². The third-order valence-corrected chi connectivity index (χ3v) is 1.85. The fourth-order valence-electron chi connectivity index (χ4n) is 1.20. The number of quaternary nitrogens is 1. The van der Waals surface area contributed by atoms with Gasteiger partial charge in [-0.1, -0.05) is 0 Å². The van der Waals surface area contributed by atoms with Crippen LogP contribution in [0.3, 0.4) is 0 Å². The van der Waals surface area contributed by atoms with Crippen LogP contribution in [-0.4, -0.2) is 42.4 Å². The van der Waals surface area contributed by atoms with Crippen molar-refractivity contribution in [3.05, 3.63) is 0 Å². The Kier molecular flexibility index (Phi) is 9.63. The Morgan fingerprint density at radius 1 is 0.929 bits per heavy atom. The summed E-state index contributed by atoms with van der Waals surface area (Å²) in [6.07, 6.45) is 15.7. The van der Waals surface area contributed by atoms with E-state index in [1.54, 1.807) is 0 Å².